The van der Waals surface area contributed by atoms with E-state index in [1.165, 1.54) is 0 Å². The van der Waals surface area contributed by atoms with E-state index in [0.29, 0.717) is 41.8 Å². The monoisotopic (exact) mass is 345 g/mol. The summed E-state index contributed by atoms with van der Waals surface area (Å²) in [6, 6.07) is 12.4. The zero-order valence-electron chi connectivity index (χ0n) is 13.5. The fourth-order valence-electron chi connectivity index (χ4n) is 2.09. The van der Waals surface area contributed by atoms with Crippen LogP contribution >= 0.6 is 11.6 Å². The van der Waals surface area contributed by atoms with E-state index in [9.17, 15) is 4.79 Å². The van der Waals surface area contributed by atoms with Crippen molar-refractivity contribution in [2.45, 2.75) is 13.5 Å². The van der Waals surface area contributed by atoms with Gasteiger partial charge < -0.3 is 14.8 Å². The highest BCUT2D eigenvalue weighted by Gasteiger charge is 2.11. The van der Waals surface area contributed by atoms with Gasteiger partial charge in [-0.2, -0.15) is 0 Å². The lowest BCUT2D eigenvalue weighted by atomic mass is 10.1. The Kier molecular flexibility index (Phi) is 6.70. The van der Waals surface area contributed by atoms with Gasteiger partial charge in [0, 0.05) is 22.7 Å². The van der Waals surface area contributed by atoms with Crippen LogP contribution in [0.3, 0.4) is 0 Å². The molecule has 5 heteroatoms. The number of carbonyl (C=O) groups is 1. The molecule has 2 aromatic rings. The zero-order valence-corrected chi connectivity index (χ0v) is 14.3. The molecule has 0 aliphatic rings. The average molecular weight is 346 g/mol. The fraction of sp³-hybridized carbons (Fsp3) is 0.211. The fourth-order valence-corrected chi connectivity index (χ4v) is 2.21. The lowest BCUT2D eigenvalue weighted by molar-refractivity contribution is 0.0958. The molecular formula is C19H20ClNO3. The van der Waals surface area contributed by atoms with Gasteiger partial charge in [0.15, 0.2) is 0 Å². The summed E-state index contributed by atoms with van der Waals surface area (Å²) in [5.74, 6) is 1.24. The molecule has 0 atom stereocenters. The van der Waals surface area contributed by atoms with Gasteiger partial charge in [0.25, 0.3) is 5.91 Å². The molecule has 0 spiro atoms. The van der Waals surface area contributed by atoms with Gasteiger partial charge in [-0.3, -0.25) is 4.79 Å². The van der Waals surface area contributed by atoms with Crippen LogP contribution in [-0.2, 0) is 6.61 Å². The van der Waals surface area contributed by atoms with Gasteiger partial charge in [0.1, 0.15) is 18.1 Å². The number of hydrogen-bond acceptors (Lipinski definition) is 3. The van der Waals surface area contributed by atoms with Crippen LogP contribution in [0.5, 0.6) is 11.5 Å². The number of rotatable bonds is 8. The van der Waals surface area contributed by atoms with Crippen molar-refractivity contribution in [1.29, 1.82) is 0 Å². The van der Waals surface area contributed by atoms with Crippen molar-refractivity contribution in [3.8, 4) is 11.5 Å². The van der Waals surface area contributed by atoms with Crippen molar-refractivity contribution < 1.29 is 14.3 Å². The van der Waals surface area contributed by atoms with Crippen molar-refractivity contribution in [3.63, 3.8) is 0 Å². The van der Waals surface area contributed by atoms with Crippen molar-refractivity contribution >= 4 is 17.5 Å². The van der Waals surface area contributed by atoms with E-state index in [4.69, 9.17) is 21.1 Å². The largest absolute Gasteiger partial charge is 0.493 e. The van der Waals surface area contributed by atoms with Crippen molar-refractivity contribution in [1.82, 2.24) is 5.32 Å². The molecular weight excluding hydrogens is 326 g/mol. The van der Waals surface area contributed by atoms with Crippen LogP contribution in [0.15, 0.2) is 55.1 Å². The molecule has 2 aromatic carbocycles. The Hall–Kier alpha value is -2.46. The summed E-state index contributed by atoms with van der Waals surface area (Å²) in [5, 5.41) is 3.41. The van der Waals surface area contributed by atoms with Crippen LogP contribution in [0.2, 0.25) is 5.02 Å². The maximum absolute atomic E-state index is 12.1. The highest BCUT2D eigenvalue weighted by atomic mass is 35.5. The number of amides is 1. The van der Waals surface area contributed by atoms with E-state index < -0.39 is 0 Å². The summed E-state index contributed by atoms with van der Waals surface area (Å²) in [5.41, 5.74) is 1.35. The molecule has 0 bridgehead atoms. The van der Waals surface area contributed by atoms with Crippen molar-refractivity contribution in [2.24, 2.45) is 0 Å². The first-order chi connectivity index (χ1) is 11.6. The third-order valence-corrected chi connectivity index (χ3v) is 3.49. The number of ether oxygens (including phenoxy) is 2. The minimum Gasteiger partial charge on any atom is -0.493 e. The number of benzene rings is 2. The first kappa shape index (κ1) is 17.9. The molecule has 0 saturated carbocycles. The highest BCUT2D eigenvalue weighted by Crippen LogP contribution is 2.23. The van der Waals surface area contributed by atoms with Gasteiger partial charge >= 0.3 is 0 Å². The smallest absolute Gasteiger partial charge is 0.251 e. The van der Waals surface area contributed by atoms with E-state index in [1.54, 1.807) is 48.5 Å². The molecule has 0 radical (unpaired) electrons. The van der Waals surface area contributed by atoms with Gasteiger partial charge in [0.2, 0.25) is 0 Å². The molecule has 0 aromatic heterocycles. The summed E-state index contributed by atoms with van der Waals surface area (Å²) in [6.07, 6.45) is 1.64. The predicted molar refractivity (Wildman–Crippen MR) is 95.9 cm³/mol. The molecule has 24 heavy (non-hydrogen) atoms. The third kappa shape index (κ3) is 5.03. The summed E-state index contributed by atoms with van der Waals surface area (Å²) >= 11 is 5.87. The Morgan fingerprint density at radius 2 is 1.96 bits per heavy atom. The Morgan fingerprint density at radius 3 is 2.62 bits per heavy atom. The first-order valence-electron chi connectivity index (χ1n) is 7.67. The molecule has 1 amide bonds. The molecule has 0 aliphatic heterocycles. The summed E-state index contributed by atoms with van der Waals surface area (Å²) < 4.78 is 11.4. The average Bonchev–Trinajstić information content (AvgIpc) is 2.60. The standard InChI is InChI=1S/C19H20ClNO3/c1-3-11-21-19(22)14-5-10-18(23-4-2)15(12-14)13-24-17-8-6-16(20)7-9-17/h3,5-10,12H,1,4,11,13H2,2H3,(H,21,22). The highest BCUT2D eigenvalue weighted by molar-refractivity contribution is 6.30. The zero-order chi connectivity index (χ0) is 17.4. The Morgan fingerprint density at radius 1 is 1.21 bits per heavy atom. The summed E-state index contributed by atoms with van der Waals surface area (Å²) in [4.78, 5) is 12.1. The first-order valence-corrected chi connectivity index (χ1v) is 8.05. The SMILES string of the molecule is C=CCNC(=O)c1ccc(OCC)c(COc2ccc(Cl)cc2)c1. The van der Waals surface area contributed by atoms with E-state index in [0.717, 1.165) is 5.56 Å². The van der Waals surface area contributed by atoms with Crippen LogP contribution in [0.25, 0.3) is 0 Å². The maximum Gasteiger partial charge on any atom is 0.251 e. The lowest BCUT2D eigenvalue weighted by Gasteiger charge is -2.13. The number of nitrogens with one attached hydrogen (secondary N) is 1. The summed E-state index contributed by atoms with van der Waals surface area (Å²) in [7, 11) is 0. The van der Waals surface area contributed by atoms with Gasteiger partial charge in [-0.1, -0.05) is 17.7 Å². The molecule has 1 N–H and O–H groups in total. The van der Waals surface area contributed by atoms with E-state index in [2.05, 4.69) is 11.9 Å². The molecule has 0 aliphatic carbocycles. The molecule has 2 rings (SSSR count). The topological polar surface area (TPSA) is 47.6 Å². The second-order valence-corrected chi connectivity index (χ2v) is 5.43. The Bertz CT molecular complexity index is 698. The Labute approximate surface area is 147 Å². The quantitative estimate of drug-likeness (QED) is 0.728. The van der Waals surface area contributed by atoms with Gasteiger partial charge in [-0.15, -0.1) is 6.58 Å². The Balaban J connectivity index is 2.16. The number of carbonyl (C=O) groups excluding carboxylic acids is 1. The van der Waals surface area contributed by atoms with E-state index in [1.807, 2.05) is 6.92 Å². The molecule has 126 valence electrons. The van der Waals surface area contributed by atoms with Crippen molar-refractivity contribution in [3.05, 3.63) is 71.3 Å². The van der Waals surface area contributed by atoms with Crippen LogP contribution in [-0.4, -0.2) is 19.1 Å². The molecule has 4 nitrogen and oxygen atoms in total. The minimum atomic E-state index is -0.161. The second kappa shape index (κ2) is 8.99. The van der Waals surface area contributed by atoms with E-state index in [-0.39, 0.29) is 5.91 Å². The number of halogens is 1. The lowest BCUT2D eigenvalue weighted by Crippen LogP contribution is -2.23. The van der Waals surface area contributed by atoms with Crippen LogP contribution in [0.1, 0.15) is 22.8 Å². The third-order valence-electron chi connectivity index (χ3n) is 3.24. The molecule has 0 fully saturated rings. The van der Waals surface area contributed by atoms with Crippen molar-refractivity contribution in [2.75, 3.05) is 13.2 Å². The molecule has 0 unspecified atom stereocenters. The van der Waals surface area contributed by atoms with Crippen LogP contribution in [0, 0.1) is 0 Å². The second-order valence-electron chi connectivity index (χ2n) is 5.00. The van der Waals surface area contributed by atoms with Crippen LogP contribution < -0.4 is 14.8 Å². The normalized spacial score (nSPS) is 10.1. The predicted octanol–water partition coefficient (Wildman–Crippen LogP) is 4.23. The molecule has 0 heterocycles. The van der Waals surface area contributed by atoms with E-state index >= 15 is 0 Å². The minimum absolute atomic E-state index is 0.161. The summed E-state index contributed by atoms with van der Waals surface area (Å²) in [6.45, 7) is 6.75. The van der Waals surface area contributed by atoms with Gasteiger partial charge in [-0.05, 0) is 49.4 Å². The molecule has 0 saturated heterocycles. The van der Waals surface area contributed by atoms with Gasteiger partial charge in [-0.25, -0.2) is 0 Å². The van der Waals surface area contributed by atoms with Gasteiger partial charge in [0.05, 0.1) is 6.61 Å². The number of hydrogen-bond donors (Lipinski definition) is 1. The maximum atomic E-state index is 12.1. The van der Waals surface area contributed by atoms with Crippen LogP contribution in [0.4, 0.5) is 0 Å².